The van der Waals surface area contributed by atoms with Crippen LogP contribution < -0.4 is 0 Å². The Morgan fingerprint density at radius 2 is 1.38 bits per heavy atom. The third kappa shape index (κ3) is 2.00. The lowest BCUT2D eigenvalue weighted by Crippen LogP contribution is -1.77. The quantitative estimate of drug-likeness (QED) is 0.304. The molecule has 0 bridgehead atoms. The summed E-state index contributed by atoms with van der Waals surface area (Å²) in [7, 11) is 0. The van der Waals surface area contributed by atoms with Crippen LogP contribution in [0.4, 0.5) is 0 Å². The van der Waals surface area contributed by atoms with E-state index in [1.54, 1.807) is 0 Å². The summed E-state index contributed by atoms with van der Waals surface area (Å²) in [6.07, 6.45) is 0. The highest BCUT2D eigenvalue weighted by atomic mass is 79.9. The maximum Gasteiger partial charge on any atom is 0.149 e. The average molecular weight is 373 g/mol. The zero-order valence-electron chi connectivity index (χ0n) is 12.8. The first kappa shape index (κ1) is 13.8. The summed E-state index contributed by atoms with van der Waals surface area (Å²) in [4.78, 5) is 0. The van der Waals surface area contributed by atoms with E-state index in [-0.39, 0.29) is 0 Å². The highest BCUT2D eigenvalue weighted by molar-refractivity contribution is 9.10. The molecule has 0 atom stereocenters. The number of benzene rings is 4. The molecule has 0 saturated heterocycles. The van der Waals surface area contributed by atoms with Crippen molar-refractivity contribution in [3.05, 3.63) is 83.3 Å². The predicted octanol–water partition coefficient (Wildman–Crippen LogP) is 7.17. The second-order valence-electron chi connectivity index (χ2n) is 5.97. The SMILES string of the molecule is Brc1c(-c2ccc3ccccc3c2)oc2ccc3ccccc3c12. The molecule has 0 unspecified atom stereocenters. The van der Waals surface area contributed by atoms with E-state index >= 15 is 0 Å². The van der Waals surface area contributed by atoms with Crippen LogP contribution in [-0.4, -0.2) is 0 Å². The third-order valence-corrected chi connectivity index (χ3v) is 5.29. The minimum absolute atomic E-state index is 0.882. The van der Waals surface area contributed by atoms with E-state index < -0.39 is 0 Å². The normalized spacial score (nSPS) is 11.5. The van der Waals surface area contributed by atoms with Crippen molar-refractivity contribution in [3.63, 3.8) is 0 Å². The molecule has 2 heteroatoms. The molecule has 1 aromatic heterocycles. The fourth-order valence-electron chi connectivity index (χ4n) is 3.35. The maximum absolute atomic E-state index is 6.20. The van der Waals surface area contributed by atoms with Gasteiger partial charge in [-0.05, 0) is 49.6 Å². The van der Waals surface area contributed by atoms with Gasteiger partial charge in [0.2, 0.25) is 0 Å². The minimum Gasteiger partial charge on any atom is -0.455 e. The Hall–Kier alpha value is -2.58. The monoisotopic (exact) mass is 372 g/mol. The first-order valence-corrected chi connectivity index (χ1v) is 8.69. The van der Waals surface area contributed by atoms with Gasteiger partial charge in [0.05, 0.1) is 4.47 Å². The Morgan fingerprint density at radius 1 is 0.667 bits per heavy atom. The van der Waals surface area contributed by atoms with Gasteiger partial charge < -0.3 is 4.42 Å². The Labute approximate surface area is 147 Å². The lowest BCUT2D eigenvalue weighted by molar-refractivity contribution is 0.630. The van der Waals surface area contributed by atoms with Crippen molar-refractivity contribution in [2.45, 2.75) is 0 Å². The standard InChI is InChI=1S/C22H13BrO/c23-21-20-18-8-4-3-6-15(18)11-12-19(20)24-22(21)17-10-9-14-5-1-2-7-16(14)13-17/h1-13H. The average Bonchev–Trinajstić information content (AvgIpc) is 2.98. The van der Waals surface area contributed by atoms with E-state index in [1.807, 2.05) is 6.07 Å². The van der Waals surface area contributed by atoms with Crippen LogP contribution in [0, 0.1) is 0 Å². The van der Waals surface area contributed by atoms with Gasteiger partial charge in [-0.15, -0.1) is 0 Å². The molecule has 0 spiro atoms. The molecule has 114 valence electrons. The molecule has 4 aromatic carbocycles. The minimum atomic E-state index is 0.882. The molecule has 5 rings (SSSR count). The maximum atomic E-state index is 6.20. The van der Waals surface area contributed by atoms with Gasteiger partial charge in [-0.2, -0.15) is 0 Å². The van der Waals surface area contributed by atoms with Crippen LogP contribution in [0.15, 0.2) is 87.8 Å². The summed E-state index contributed by atoms with van der Waals surface area (Å²) in [6, 6.07) is 27.4. The molecule has 0 amide bonds. The number of halogens is 1. The fourth-order valence-corrected chi connectivity index (χ4v) is 4.07. The van der Waals surface area contributed by atoms with Crippen LogP contribution in [-0.2, 0) is 0 Å². The largest absolute Gasteiger partial charge is 0.455 e. The Kier molecular flexibility index (Phi) is 3.00. The topological polar surface area (TPSA) is 13.1 Å². The zero-order valence-corrected chi connectivity index (χ0v) is 14.4. The van der Waals surface area contributed by atoms with Crippen molar-refractivity contribution in [3.8, 4) is 11.3 Å². The third-order valence-electron chi connectivity index (χ3n) is 4.53. The fraction of sp³-hybridized carbons (Fsp3) is 0. The molecule has 0 N–H and O–H groups in total. The van der Waals surface area contributed by atoms with E-state index in [0.717, 1.165) is 26.8 Å². The molecule has 5 aromatic rings. The van der Waals surface area contributed by atoms with E-state index in [2.05, 4.69) is 88.7 Å². The van der Waals surface area contributed by atoms with Crippen LogP contribution in [0.2, 0.25) is 0 Å². The van der Waals surface area contributed by atoms with Gasteiger partial charge in [0, 0.05) is 10.9 Å². The van der Waals surface area contributed by atoms with Crippen molar-refractivity contribution >= 4 is 48.4 Å². The van der Waals surface area contributed by atoms with Crippen LogP contribution in [0.3, 0.4) is 0 Å². The Bertz CT molecular complexity index is 1220. The van der Waals surface area contributed by atoms with Crippen molar-refractivity contribution < 1.29 is 4.42 Å². The molecule has 0 fully saturated rings. The van der Waals surface area contributed by atoms with Gasteiger partial charge >= 0.3 is 0 Å². The number of rotatable bonds is 1. The van der Waals surface area contributed by atoms with Gasteiger partial charge in [-0.1, -0.05) is 66.7 Å². The highest BCUT2D eigenvalue weighted by Gasteiger charge is 2.16. The van der Waals surface area contributed by atoms with Crippen molar-refractivity contribution in [2.75, 3.05) is 0 Å². The van der Waals surface area contributed by atoms with Crippen LogP contribution in [0.25, 0.3) is 43.8 Å². The summed E-state index contributed by atoms with van der Waals surface area (Å²) < 4.78 is 7.21. The lowest BCUT2D eigenvalue weighted by Gasteiger charge is -2.02. The molecule has 0 aliphatic carbocycles. The van der Waals surface area contributed by atoms with Crippen LogP contribution >= 0.6 is 15.9 Å². The first-order valence-electron chi connectivity index (χ1n) is 7.90. The number of furan rings is 1. The summed E-state index contributed by atoms with van der Waals surface area (Å²) in [5.41, 5.74) is 1.99. The molecule has 0 aliphatic rings. The molecule has 0 aliphatic heterocycles. The molecule has 0 saturated carbocycles. The zero-order chi connectivity index (χ0) is 16.1. The second-order valence-corrected chi connectivity index (χ2v) is 6.76. The van der Waals surface area contributed by atoms with E-state index in [0.29, 0.717) is 0 Å². The summed E-state index contributed by atoms with van der Waals surface area (Å²) in [5.74, 6) is 0.882. The Balaban J connectivity index is 1.82. The van der Waals surface area contributed by atoms with Crippen LogP contribution in [0.1, 0.15) is 0 Å². The summed E-state index contributed by atoms with van der Waals surface area (Å²) in [5, 5.41) is 6.01. The lowest BCUT2D eigenvalue weighted by atomic mass is 10.0. The Morgan fingerprint density at radius 3 is 2.25 bits per heavy atom. The summed E-state index contributed by atoms with van der Waals surface area (Å²) >= 11 is 3.78. The molecular formula is C22H13BrO. The highest BCUT2D eigenvalue weighted by Crippen LogP contribution is 2.41. The molecule has 1 heterocycles. The van der Waals surface area contributed by atoms with Gasteiger partial charge in [-0.3, -0.25) is 0 Å². The molecule has 1 nitrogen and oxygen atoms in total. The van der Waals surface area contributed by atoms with Gasteiger partial charge in [0.25, 0.3) is 0 Å². The van der Waals surface area contributed by atoms with Crippen molar-refractivity contribution in [1.29, 1.82) is 0 Å². The van der Waals surface area contributed by atoms with E-state index in [9.17, 15) is 0 Å². The number of hydrogen-bond donors (Lipinski definition) is 0. The summed E-state index contributed by atoms with van der Waals surface area (Å²) in [6.45, 7) is 0. The van der Waals surface area contributed by atoms with Gasteiger partial charge in [-0.25, -0.2) is 0 Å². The van der Waals surface area contributed by atoms with E-state index in [4.69, 9.17) is 4.42 Å². The second kappa shape index (κ2) is 5.22. The molecule has 24 heavy (non-hydrogen) atoms. The van der Waals surface area contributed by atoms with Gasteiger partial charge in [0.15, 0.2) is 0 Å². The van der Waals surface area contributed by atoms with Gasteiger partial charge in [0.1, 0.15) is 11.3 Å². The van der Waals surface area contributed by atoms with Crippen molar-refractivity contribution in [1.82, 2.24) is 0 Å². The van der Waals surface area contributed by atoms with E-state index in [1.165, 1.54) is 21.5 Å². The smallest absolute Gasteiger partial charge is 0.149 e. The predicted molar refractivity (Wildman–Crippen MR) is 104 cm³/mol. The first-order chi connectivity index (χ1) is 11.8. The molecule has 0 radical (unpaired) electrons. The number of fused-ring (bicyclic) bond motifs is 4. The van der Waals surface area contributed by atoms with Crippen molar-refractivity contribution in [2.24, 2.45) is 0 Å². The number of hydrogen-bond acceptors (Lipinski definition) is 1. The molecular weight excluding hydrogens is 360 g/mol. The van der Waals surface area contributed by atoms with Crippen LogP contribution in [0.5, 0.6) is 0 Å².